The van der Waals surface area contributed by atoms with Crippen molar-refractivity contribution in [3.8, 4) is 0 Å². The fraction of sp³-hybridized carbons (Fsp3) is 0.579. The molecule has 1 aliphatic rings. The molecule has 3 heterocycles. The van der Waals surface area contributed by atoms with Crippen LogP contribution in [0.1, 0.15) is 52.1 Å². The summed E-state index contributed by atoms with van der Waals surface area (Å²) in [5.74, 6) is 0.806. The molecule has 2 aromatic heterocycles. The highest BCUT2D eigenvalue weighted by Gasteiger charge is 2.31. The second kappa shape index (κ2) is 7.59. The molecule has 0 N–H and O–H groups in total. The third-order valence-corrected chi connectivity index (χ3v) is 7.21. The Hall–Kier alpha value is -1.93. The summed E-state index contributed by atoms with van der Waals surface area (Å²) in [6.45, 7) is 8.47. The van der Waals surface area contributed by atoms with Crippen LogP contribution < -0.4 is 4.90 Å². The van der Waals surface area contributed by atoms with Crippen molar-refractivity contribution < 1.29 is 8.42 Å². The average molecular weight is 392 g/mol. The first-order valence-electron chi connectivity index (χ1n) is 9.46. The van der Waals surface area contributed by atoms with Crippen molar-refractivity contribution >= 4 is 15.8 Å². The van der Waals surface area contributed by atoms with Crippen LogP contribution in [0, 0.1) is 0 Å². The summed E-state index contributed by atoms with van der Waals surface area (Å²) in [4.78, 5) is 6.98. The zero-order valence-electron chi connectivity index (χ0n) is 16.7. The topological polar surface area (TPSA) is 71.3 Å². The minimum absolute atomic E-state index is 0.108. The predicted molar refractivity (Wildman–Crippen MR) is 106 cm³/mol. The molecular formula is C19H29N5O2S. The summed E-state index contributed by atoms with van der Waals surface area (Å²) in [5.41, 5.74) is 1.17. The Morgan fingerprint density at radius 1 is 1.15 bits per heavy atom. The summed E-state index contributed by atoms with van der Waals surface area (Å²) < 4.78 is 29.3. The van der Waals surface area contributed by atoms with Gasteiger partial charge in [0.2, 0.25) is 10.0 Å². The summed E-state index contributed by atoms with van der Waals surface area (Å²) in [6, 6.07) is 3.51. The van der Waals surface area contributed by atoms with Gasteiger partial charge in [0.1, 0.15) is 10.7 Å². The summed E-state index contributed by atoms with van der Waals surface area (Å²) in [5, 5.41) is 4.27. The molecule has 0 aliphatic carbocycles. The lowest BCUT2D eigenvalue weighted by Crippen LogP contribution is -2.41. The Labute approximate surface area is 162 Å². The predicted octanol–water partition coefficient (Wildman–Crippen LogP) is 2.96. The summed E-state index contributed by atoms with van der Waals surface area (Å²) >= 11 is 0. The molecule has 3 rings (SSSR count). The van der Waals surface area contributed by atoms with Crippen molar-refractivity contribution in [2.75, 3.05) is 11.4 Å². The van der Waals surface area contributed by atoms with Crippen molar-refractivity contribution in [2.45, 2.75) is 63.6 Å². The third kappa shape index (κ3) is 3.87. The third-order valence-electron chi connectivity index (χ3n) is 4.97. The van der Waals surface area contributed by atoms with E-state index in [4.69, 9.17) is 0 Å². The quantitative estimate of drug-likeness (QED) is 0.757. The van der Waals surface area contributed by atoms with Crippen LogP contribution in [0.5, 0.6) is 0 Å². The lowest BCUT2D eigenvalue weighted by Gasteiger charge is -2.30. The number of hydrogen-bond donors (Lipinski definition) is 0. The molecular weight excluding hydrogens is 362 g/mol. The van der Waals surface area contributed by atoms with Gasteiger partial charge < -0.3 is 4.90 Å². The summed E-state index contributed by atoms with van der Waals surface area (Å²) in [6.07, 6.45) is 7.54. The monoisotopic (exact) mass is 391 g/mol. The van der Waals surface area contributed by atoms with Gasteiger partial charge in [0.25, 0.3) is 0 Å². The molecule has 1 aliphatic heterocycles. The molecule has 0 spiro atoms. The van der Waals surface area contributed by atoms with E-state index >= 15 is 0 Å². The zero-order valence-corrected chi connectivity index (χ0v) is 17.5. The molecule has 7 nitrogen and oxygen atoms in total. The number of aromatic nitrogens is 3. The van der Waals surface area contributed by atoms with Gasteiger partial charge in [-0.3, -0.25) is 4.68 Å². The van der Waals surface area contributed by atoms with Crippen LogP contribution >= 0.6 is 0 Å². The number of sulfonamides is 1. The number of rotatable bonds is 6. The first-order valence-corrected chi connectivity index (χ1v) is 10.9. The van der Waals surface area contributed by atoms with Crippen LogP contribution in [0.25, 0.3) is 0 Å². The van der Waals surface area contributed by atoms with Crippen LogP contribution in [0.15, 0.2) is 35.6 Å². The molecule has 1 atom stereocenters. The van der Waals surface area contributed by atoms with Gasteiger partial charge in [0.05, 0.1) is 12.2 Å². The molecule has 0 bridgehead atoms. The van der Waals surface area contributed by atoms with E-state index in [1.807, 2.05) is 53.2 Å². The number of hydrogen-bond acceptors (Lipinski definition) is 5. The van der Waals surface area contributed by atoms with Gasteiger partial charge in [0.15, 0.2) is 0 Å². The van der Waals surface area contributed by atoms with Gasteiger partial charge in [-0.1, -0.05) is 0 Å². The molecule has 0 aromatic carbocycles. The van der Waals surface area contributed by atoms with Crippen LogP contribution in [-0.4, -0.2) is 46.1 Å². The highest BCUT2D eigenvalue weighted by Crippen LogP contribution is 2.35. The number of pyridine rings is 1. The van der Waals surface area contributed by atoms with Gasteiger partial charge in [0, 0.05) is 43.6 Å². The molecule has 8 heteroatoms. The maximum absolute atomic E-state index is 13.0. The molecule has 1 fully saturated rings. The van der Waals surface area contributed by atoms with E-state index < -0.39 is 10.0 Å². The lowest BCUT2D eigenvalue weighted by atomic mass is 10.1. The first kappa shape index (κ1) is 19.8. The summed E-state index contributed by atoms with van der Waals surface area (Å²) in [7, 11) is -1.65. The standard InChI is InChI=1S/C19H29N5O2S/c1-14(2)24(15(3)4)27(25,26)17-8-9-19(20-12-17)23-10-6-7-18(23)16-11-21-22(5)13-16/h8-9,11-15,18H,6-7,10H2,1-5H3. The molecule has 0 radical (unpaired) electrons. The van der Waals surface area contributed by atoms with E-state index in [0.29, 0.717) is 0 Å². The zero-order chi connectivity index (χ0) is 19.8. The fourth-order valence-electron chi connectivity index (χ4n) is 3.97. The number of aryl methyl sites for hydroxylation is 1. The largest absolute Gasteiger partial charge is 0.349 e. The van der Waals surface area contributed by atoms with Crippen molar-refractivity contribution in [1.82, 2.24) is 19.1 Å². The molecule has 27 heavy (non-hydrogen) atoms. The molecule has 148 valence electrons. The second-order valence-electron chi connectivity index (χ2n) is 7.67. The van der Waals surface area contributed by atoms with Crippen LogP contribution in [-0.2, 0) is 17.1 Å². The van der Waals surface area contributed by atoms with Gasteiger partial charge in [-0.15, -0.1) is 0 Å². The second-order valence-corrected chi connectivity index (χ2v) is 9.52. The van der Waals surface area contributed by atoms with Crippen molar-refractivity contribution in [3.05, 3.63) is 36.3 Å². The fourth-order valence-corrected chi connectivity index (χ4v) is 5.75. The van der Waals surface area contributed by atoms with Gasteiger partial charge in [-0.25, -0.2) is 13.4 Å². The Bertz CT molecular complexity index is 866. The normalized spacial score (nSPS) is 18.2. The number of nitrogens with zero attached hydrogens (tertiary/aromatic N) is 5. The Morgan fingerprint density at radius 2 is 1.85 bits per heavy atom. The molecule has 1 saturated heterocycles. The Balaban J connectivity index is 1.87. The molecule has 0 saturated carbocycles. The first-order chi connectivity index (χ1) is 12.7. The van der Waals surface area contributed by atoms with Crippen LogP contribution in [0.2, 0.25) is 0 Å². The maximum Gasteiger partial charge on any atom is 0.245 e. The van der Waals surface area contributed by atoms with Gasteiger partial charge in [-0.05, 0) is 52.7 Å². The van der Waals surface area contributed by atoms with Crippen molar-refractivity contribution in [2.24, 2.45) is 7.05 Å². The van der Waals surface area contributed by atoms with Crippen molar-refractivity contribution in [1.29, 1.82) is 0 Å². The van der Waals surface area contributed by atoms with E-state index in [0.717, 1.165) is 25.2 Å². The molecule has 1 unspecified atom stereocenters. The van der Waals surface area contributed by atoms with E-state index in [1.54, 1.807) is 10.7 Å². The molecule has 0 amide bonds. The van der Waals surface area contributed by atoms with E-state index in [2.05, 4.69) is 15.0 Å². The Kier molecular flexibility index (Phi) is 5.58. The highest BCUT2D eigenvalue weighted by molar-refractivity contribution is 7.89. The lowest BCUT2D eigenvalue weighted by molar-refractivity contribution is 0.302. The van der Waals surface area contributed by atoms with E-state index in [1.165, 1.54) is 16.1 Å². The highest BCUT2D eigenvalue weighted by atomic mass is 32.2. The smallest absolute Gasteiger partial charge is 0.245 e. The number of anilines is 1. The average Bonchev–Trinajstić information content (AvgIpc) is 3.22. The van der Waals surface area contributed by atoms with Crippen molar-refractivity contribution in [3.63, 3.8) is 0 Å². The Morgan fingerprint density at radius 3 is 2.37 bits per heavy atom. The SMILES string of the molecule is CC(C)N(C(C)C)S(=O)(=O)c1ccc(N2CCCC2c2cnn(C)c2)nc1. The van der Waals surface area contributed by atoms with Crippen LogP contribution in [0.3, 0.4) is 0 Å². The minimum atomic E-state index is -3.56. The van der Waals surface area contributed by atoms with Gasteiger partial charge in [-0.2, -0.15) is 9.40 Å². The van der Waals surface area contributed by atoms with E-state index in [9.17, 15) is 8.42 Å². The van der Waals surface area contributed by atoms with E-state index in [-0.39, 0.29) is 23.0 Å². The maximum atomic E-state index is 13.0. The minimum Gasteiger partial charge on any atom is -0.349 e. The van der Waals surface area contributed by atoms with Gasteiger partial charge >= 0.3 is 0 Å². The van der Waals surface area contributed by atoms with Crippen LogP contribution in [0.4, 0.5) is 5.82 Å². The molecule has 2 aromatic rings.